The molecule has 2 aromatic heterocycles. The summed E-state index contributed by atoms with van der Waals surface area (Å²) in [5.41, 5.74) is 0. The van der Waals surface area contributed by atoms with Crippen molar-refractivity contribution in [1.82, 2.24) is 30.0 Å². The van der Waals surface area contributed by atoms with E-state index in [2.05, 4.69) is 27.3 Å². The highest BCUT2D eigenvalue weighted by Crippen LogP contribution is 2.30. The first-order valence-corrected chi connectivity index (χ1v) is 8.43. The average Bonchev–Trinajstić information content (AvgIpc) is 3.23. The maximum Gasteiger partial charge on any atom is 0.234 e. The van der Waals surface area contributed by atoms with Gasteiger partial charge in [-0.05, 0) is 19.8 Å². The van der Waals surface area contributed by atoms with E-state index in [9.17, 15) is 0 Å². The summed E-state index contributed by atoms with van der Waals surface area (Å²) in [5.74, 6) is 0.859. The molecule has 2 aliphatic heterocycles. The van der Waals surface area contributed by atoms with E-state index in [1.54, 1.807) is 11.3 Å². The molecule has 2 atom stereocenters. The lowest BCUT2D eigenvalue weighted by molar-refractivity contribution is 0.103. The third kappa shape index (κ3) is 2.46. The molecular weight excluding hydrogens is 288 g/mol. The zero-order valence-electron chi connectivity index (χ0n) is 12.2. The van der Waals surface area contributed by atoms with E-state index in [0.717, 1.165) is 61.4 Å². The molecule has 0 amide bonds. The summed E-state index contributed by atoms with van der Waals surface area (Å²) in [6, 6.07) is 0.330. The zero-order chi connectivity index (χ0) is 14.2. The van der Waals surface area contributed by atoms with Crippen LogP contribution in [0.4, 0.5) is 0 Å². The maximum absolute atomic E-state index is 5.71. The number of ether oxygens (including phenoxy) is 1. The van der Waals surface area contributed by atoms with Crippen molar-refractivity contribution in [3.63, 3.8) is 0 Å². The summed E-state index contributed by atoms with van der Waals surface area (Å²) < 4.78 is 7.60. The van der Waals surface area contributed by atoms with E-state index < -0.39 is 0 Å². The monoisotopic (exact) mass is 308 g/mol. The lowest BCUT2D eigenvalue weighted by Crippen LogP contribution is -2.44. The largest absolute Gasteiger partial charge is 0.370 e. The molecule has 7 nitrogen and oxygen atoms in total. The molecule has 4 heterocycles. The third-order valence-corrected chi connectivity index (χ3v) is 5.37. The van der Waals surface area contributed by atoms with Gasteiger partial charge in [0.1, 0.15) is 11.1 Å². The molecular formula is C13H20N6OS. The second kappa shape index (κ2) is 5.60. The Balaban J connectivity index is 1.61. The molecule has 0 aromatic carbocycles. The van der Waals surface area contributed by atoms with Gasteiger partial charge in [0.2, 0.25) is 4.96 Å². The number of aromatic nitrogens is 4. The summed E-state index contributed by atoms with van der Waals surface area (Å²) in [7, 11) is 0. The second-order valence-corrected chi connectivity index (χ2v) is 6.64. The first kappa shape index (κ1) is 13.6. The average molecular weight is 308 g/mol. The van der Waals surface area contributed by atoms with Crippen LogP contribution in [0.15, 0.2) is 0 Å². The minimum absolute atomic E-state index is 0.0597. The van der Waals surface area contributed by atoms with Crippen molar-refractivity contribution in [3.8, 4) is 0 Å². The van der Waals surface area contributed by atoms with Crippen molar-refractivity contribution < 1.29 is 4.74 Å². The van der Waals surface area contributed by atoms with Crippen molar-refractivity contribution in [1.29, 1.82) is 0 Å². The van der Waals surface area contributed by atoms with Gasteiger partial charge in [0.15, 0.2) is 5.82 Å². The normalized spacial score (nSPS) is 25.7. The van der Waals surface area contributed by atoms with Crippen LogP contribution in [0.25, 0.3) is 4.96 Å². The van der Waals surface area contributed by atoms with Crippen molar-refractivity contribution >= 4 is 16.3 Å². The molecule has 2 aliphatic rings. The zero-order valence-corrected chi connectivity index (χ0v) is 13.0. The van der Waals surface area contributed by atoms with Crippen LogP contribution in [0, 0.1) is 0 Å². The first-order valence-electron chi connectivity index (χ1n) is 7.61. The van der Waals surface area contributed by atoms with Gasteiger partial charge in [-0.25, -0.2) is 0 Å². The predicted octanol–water partition coefficient (Wildman–Crippen LogP) is 1.00. The summed E-state index contributed by atoms with van der Waals surface area (Å²) in [5, 5.41) is 17.8. The van der Waals surface area contributed by atoms with Gasteiger partial charge >= 0.3 is 0 Å². The lowest BCUT2D eigenvalue weighted by atomic mass is 10.2. The van der Waals surface area contributed by atoms with Crippen LogP contribution in [0.5, 0.6) is 0 Å². The van der Waals surface area contributed by atoms with Crippen molar-refractivity contribution in [2.45, 2.75) is 31.9 Å². The van der Waals surface area contributed by atoms with Gasteiger partial charge in [-0.15, -0.1) is 10.2 Å². The Morgan fingerprint density at radius 1 is 1.33 bits per heavy atom. The second-order valence-electron chi connectivity index (χ2n) is 5.66. The summed E-state index contributed by atoms with van der Waals surface area (Å²) in [6.07, 6.45) is 2.17. The minimum atomic E-state index is 0.0597. The van der Waals surface area contributed by atoms with Crippen LogP contribution in [-0.2, 0) is 4.74 Å². The van der Waals surface area contributed by atoms with Gasteiger partial charge in [0, 0.05) is 32.8 Å². The summed E-state index contributed by atoms with van der Waals surface area (Å²) in [6.45, 7) is 7.28. The Morgan fingerprint density at radius 2 is 2.19 bits per heavy atom. The van der Waals surface area contributed by atoms with Crippen molar-refractivity contribution in [3.05, 3.63) is 10.8 Å². The van der Waals surface area contributed by atoms with E-state index in [1.807, 2.05) is 4.52 Å². The number of rotatable bonds is 3. The van der Waals surface area contributed by atoms with E-state index in [1.165, 1.54) is 0 Å². The fraction of sp³-hybridized carbons (Fsp3) is 0.769. The van der Waals surface area contributed by atoms with Crippen LogP contribution < -0.4 is 5.32 Å². The molecule has 4 rings (SSSR count). The molecule has 8 heteroatoms. The molecule has 2 fully saturated rings. The smallest absolute Gasteiger partial charge is 0.234 e. The number of nitrogens with zero attached hydrogens (tertiary/aromatic N) is 5. The van der Waals surface area contributed by atoms with Gasteiger partial charge in [0.25, 0.3) is 0 Å². The van der Waals surface area contributed by atoms with Gasteiger partial charge in [-0.3, -0.25) is 4.90 Å². The molecule has 0 saturated carbocycles. The fourth-order valence-corrected chi connectivity index (χ4v) is 3.96. The Bertz CT molecular complexity index is 613. The Morgan fingerprint density at radius 3 is 2.95 bits per heavy atom. The molecule has 1 N–H and O–H groups in total. The first-order chi connectivity index (χ1) is 10.3. The fourth-order valence-electron chi connectivity index (χ4n) is 3.02. The highest BCUT2D eigenvalue weighted by molar-refractivity contribution is 7.16. The SMILES string of the molecule is CC(c1nn2c(C3CCCO3)nnc2s1)N1CCNCC1. The van der Waals surface area contributed by atoms with E-state index in [0.29, 0.717) is 6.04 Å². The molecule has 0 radical (unpaired) electrons. The van der Waals surface area contributed by atoms with Crippen LogP contribution in [0.1, 0.15) is 42.7 Å². The molecule has 0 aliphatic carbocycles. The molecule has 0 bridgehead atoms. The van der Waals surface area contributed by atoms with E-state index >= 15 is 0 Å². The summed E-state index contributed by atoms with van der Waals surface area (Å²) in [4.78, 5) is 3.34. The molecule has 0 spiro atoms. The number of hydrogen-bond acceptors (Lipinski definition) is 7. The predicted molar refractivity (Wildman–Crippen MR) is 79.4 cm³/mol. The standard InChI is InChI=1S/C13H20N6OS/c1-9(18-6-4-14-5-7-18)12-17-19-11(10-3-2-8-20-10)15-16-13(19)21-12/h9-10,14H,2-8H2,1H3. The van der Waals surface area contributed by atoms with Crippen LogP contribution in [0.3, 0.4) is 0 Å². The molecule has 2 aromatic rings. The van der Waals surface area contributed by atoms with Gasteiger partial charge in [-0.2, -0.15) is 9.61 Å². The molecule has 21 heavy (non-hydrogen) atoms. The Kier molecular flexibility index (Phi) is 3.62. The van der Waals surface area contributed by atoms with Crippen LogP contribution in [0.2, 0.25) is 0 Å². The van der Waals surface area contributed by atoms with E-state index in [4.69, 9.17) is 9.84 Å². The minimum Gasteiger partial charge on any atom is -0.370 e. The number of piperazine rings is 1. The Hall–Kier alpha value is -1.09. The highest BCUT2D eigenvalue weighted by atomic mass is 32.1. The highest BCUT2D eigenvalue weighted by Gasteiger charge is 2.27. The lowest BCUT2D eigenvalue weighted by Gasteiger charge is -2.31. The van der Waals surface area contributed by atoms with Gasteiger partial charge in [-0.1, -0.05) is 11.3 Å². The van der Waals surface area contributed by atoms with Crippen LogP contribution >= 0.6 is 11.3 Å². The number of hydrogen-bond donors (Lipinski definition) is 1. The maximum atomic E-state index is 5.71. The molecule has 2 saturated heterocycles. The third-order valence-electron chi connectivity index (χ3n) is 4.30. The number of nitrogens with one attached hydrogen (secondary N) is 1. The van der Waals surface area contributed by atoms with Crippen molar-refractivity contribution in [2.24, 2.45) is 0 Å². The van der Waals surface area contributed by atoms with Crippen molar-refractivity contribution in [2.75, 3.05) is 32.8 Å². The molecule has 2 unspecified atom stereocenters. The van der Waals surface area contributed by atoms with E-state index in [-0.39, 0.29) is 6.10 Å². The number of fused-ring (bicyclic) bond motifs is 1. The molecule has 114 valence electrons. The van der Waals surface area contributed by atoms with Crippen LogP contribution in [-0.4, -0.2) is 57.5 Å². The summed E-state index contributed by atoms with van der Waals surface area (Å²) >= 11 is 1.64. The van der Waals surface area contributed by atoms with Gasteiger partial charge < -0.3 is 10.1 Å². The quantitative estimate of drug-likeness (QED) is 0.912. The topological polar surface area (TPSA) is 67.6 Å². The van der Waals surface area contributed by atoms with Gasteiger partial charge in [0.05, 0.1) is 6.04 Å². The Labute approximate surface area is 127 Å².